The Bertz CT molecular complexity index is 670. The molecule has 3 N–H and O–H groups in total. The van der Waals surface area contributed by atoms with Crippen molar-refractivity contribution in [2.45, 2.75) is 12.8 Å². The maximum atomic E-state index is 12.8. The summed E-state index contributed by atoms with van der Waals surface area (Å²) in [5.41, 5.74) is 1.83. The second-order valence-electron chi connectivity index (χ2n) is 5.32. The Balaban J connectivity index is 1.74. The van der Waals surface area contributed by atoms with E-state index in [1.54, 1.807) is 18.4 Å². The van der Waals surface area contributed by atoms with Crippen LogP contribution in [0, 0.1) is 5.82 Å². The van der Waals surface area contributed by atoms with E-state index in [1.165, 1.54) is 29.8 Å². The Kier molecular flexibility index (Phi) is 6.74. The number of halogens is 1. The van der Waals surface area contributed by atoms with Gasteiger partial charge in [0, 0.05) is 19.3 Å². The van der Waals surface area contributed by atoms with Crippen LogP contribution in [0.25, 0.3) is 0 Å². The monoisotopic (exact) mass is 348 g/mol. The number of carbonyl (C=O) groups excluding carboxylic acids is 1. The second-order valence-corrected chi connectivity index (χ2v) is 6.10. The number of hydrogen-bond acceptors (Lipinski definition) is 3. The molecular weight excluding hydrogens is 327 g/mol. The molecule has 1 amide bonds. The lowest BCUT2D eigenvalue weighted by Crippen LogP contribution is -2.42. The molecule has 0 saturated heterocycles. The Hall–Kier alpha value is -2.41. The van der Waals surface area contributed by atoms with E-state index in [0.717, 1.165) is 6.54 Å². The normalized spacial score (nSPS) is 12.5. The summed E-state index contributed by atoms with van der Waals surface area (Å²) >= 11 is 1.67. The smallest absolute Gasteiger partial charge is 0.243 e. The number of anilines is 1. The van der Waals surface area contributed by atoms with Crippen LogP contribution < -0.4 is 16.0 Å². The average molecular weight is 348 g/mol. The summed E-state index contributed by atoms with van der Waals surface area (Å²) in [6, 6.07) is 7.74. The van der Waals surface area contributed by atoms with Crippen LogP contribution in [-0.2, 0) is 4.79 Å². The third-order valence-corrected chi connectivity index (χ3v) is 4.16. The van der Waals surface area contributed by atoms with Gasteiger partial charge in [0.1, 0.15) is 5.82 Å². The van der Waals surface area contributed by atoms with Gasteiger partial charge in [0.2, 0.25) is 5.91 Å². The van der Waals surface area contributed by atoms with Crippen LogP contribution >= 0.6 is 11.3 Å². The number of thiophene rings is 1. The summed E-state index contributed by atoms with van der Waals surface area (Å²) in [7, 11) is 1.66. The third-order valence-electron chi connectivity index (χ3n) is 3.46. The molecule has 1 unspecified atom stereocenters. The van der Waals surface area contributed by atoms with E-state index >= 15 is 0 Å². The van der Waals surface area contributed by atoms with E-state index in [2.05, 4.69) is 44.7 Å². The minimum absolute atomic E-state index is 0.0733. The molecule has 1 aromatic heterocycles. The predicted molar refractivity (Wildman–Crippen MR) is 97.1 cm³/mol. The highest BCUT2D eigenvalue weighted by molar-refractivity contribution is 7.07. The molecule has 0 spiro atoms. The second kappa shape index (κ2) is 9.02. The summed E-state index contributed by atoms with van der Waals surface area (Å²) in [6.07, 6.45) is 0. The number of aliphatic imine (C=N–C) groups is 1. The maximum absolute atomic E-state index is 12.8. The van der Waals surface area contributed by atoms with Crippen molar-refractivity contribution < 1.29 is 9.18 Å². The van der Waals surface area contributed by atoms with E-state index in [0.29, 0.717) is 17.6 Å². The topological polar surface area (TPSA) is 65.5 Å². The van der Waals surface area contributed by atoms with E-state index in [9.17, 15) is 9.18 Å². The molecule has 24 heavy (non-hydrogen) atoms. The van der Waals surface area contributed by atoms with Crippen molar-refractivity contribution in [1.82, 2.24) is 10.6 Å². The lowest BCUT2D eigenvalue weighted by molar-refractivity contribution is -0.115. The molecule has 1 aromatic carbocycles. The van der Waals surface area contributed by atoms with Crippen LogP contribution in [0.5, 0.6) is 0 Å². The Labute approximate surface area is 145 Å². The minimum Gasteiger partial charge on any atom is -0.356 e. The first-order valence-electron chi connectivity index (χ1n) is 7.60. The Morgan fingerprint density at radius 2 is 2.00 bits per heavy atom. The van der Waals surface area contributed by atoms with E-state index in [4.69, 9.17) is 0 Å². The molecule has 0 bridgehead atoms. The first-order chi connectivity index (χ1) is 11.6. The number of carbonyl (C=O) groups is 1. The summed E-state index contributed by atoms with van der Waals surface area (Å²) < 4.78 is 12.8. The van der Waals surface area contributed by atoms with Gasteiger partial charge >= 0.3 is 0 Å². The fourth-order valence-electron chi connectivity index (χ4n) is 2.05. The molecule has 0 aliphatic rings. The summed E-state index contributed by atoms with van der Waals surface area (Å²) in [4.78, 5) is 16.0. The molecule has 2 rings (SSSR count). The van der Waals surface area contributed by atoms with Crippen LogP contribution in [0.3, 0.4) is 0 Å². The summed E-state index contributed by atoms with van der Waals surface area (Å²) in [5, 5.41) is 13.0. The van der Waals surface area contributed by atoms with Crippen LogP contribution in [0.15, 0.2) is 46.1 Å². The Morgan fingerprint density at radius 3 is 2.62 bits per heavy atom. The number of amides is 1. The molecule has 0 saturated carbocycles. The van der Waals surface area contributed by atoms with Gasteiger partial charge in [-0.3, -0.25) is 9.79 Å². The van der Waals surface area contributed by atoms with Gasteiger partial charge in [-0.2, -0.15) is 11.3 Å². The Morgan fingerprint density at radius 1 is 1.25 bits per heavy atom. The number of nitrogens with zero attached hydrogens (tertiary/aromatic N) is 1. The first-order valence-corrected chi connectivity index (χ1v) is 8.55. The SMILES string of the molecule is CN=C(NCC(=O)Nc1ccc(F)cc1)NCC(C)c1ccsc1. The van der Waals surface area contributed by atoms with Gasteiger partial charge in [-0.25, -0.2) is 4.39 Å². The molecule has 5 nitrogen and oxygen atoms in total. The van der Waals surface area contributed by atoms with Crippen molar-refractivity contribution in [3.05, 3.63) is 52.5 Å². The summed E-state index contributed by atoms with van der Waals surface area (Å²) in [6.45, 7) is 2.92. The average Bonchev–Trinajstić information content (AvgIpc) is 3.11. The first kappa shape index (κ1) is 17.9. The van der Waals surface area contributed by atoms with Gasteiger partial charge in [0.05, 0.1) is 6.54 Å². The van der Waals surface area contributed by atoms with Crippen molar-refractivity contribution in [1.29, 1.82) is 0 Å². The molecule has 0 aliphatic carbocycles. The van der Waals surface area contributed by atoms with Gasteiger partial charge in [-0.1, -0.05) is 6.92 Å². The van der Waals surface area contributed by atoms with Crippen molar-refractivity contribution in [3.8, 4) is 0 Å². The van der Waals surface area contributed by atoms with E-state index in [-0.39, 0.29) is 18.3 Å². The number of hydrogen-bond donors (Lipinski definition) is 3. The highest BCUT2D eigenvalue weighted by Crippen LogP contribution is 2.16. The zero-order valence-corrected chi connectivity index (χ0v) is 14.5. The number of benzene rings is 1. The number of guanidine groups is 1. The lowest BCUT2D eigenvalue weighted by Gasteiger charge is -2.15. The molecule has 128 valence electrons. The van der Waals surface area contributed by atoms with Gasteiger partial charge < -0.3 is 16.0 Å². The van der Waals surface area contributed by atoms with Gasteiger partial charge in [-0.05, 0) is 52.6 Å². The highest BCUT2D eigenvalue weighted by atomic mass is 32.1. The fourth-order valence-corrected chi connectivity index (χ4v) is 2.83. The third kappa shape index (κ3) is 5.66. The van der Waals surface area contributed by atoms with Crippen molar-refractivity contribution in [3.63, 3.8) is 0 Å². The van der Waals surface area contributed by atoms with Gasteiger partial charge in [0.25, 0.3) is 0 Å². The number of nitrogens with one attached hydrogen (secondary N) is 3. The predicted octanol–water partition coefficient (Wildman–Crippen LogP) is 2.79. The molecule has 0 fully saturated rings. The van der Waals surface area contributed by atoms with Crippen LogP contribution in [0.4, 0.5) is 10.1 Å². The largest absolute Gasteiger partial charge is 0.356 e. The maximum Gasteiger partial charge on any atom is 0.243 e. The van der Waals surface area contributed by atoms with Crippen molar-refractivity contribution in [2.24, 2.45) is 4.99 Å². The molecule has 2 aromatic rings. The van der Waals surface area contributed by atoms with Crippen molar-refractivity contribution in [2.75, 3.05) is 25.5 Å². The van der Waals surface area contributed by atoms with E-state index < -0.39 is 0 Å². The minimum atomic E-state index is -0.338. The molecule has 0 radical (unpaired) electrons. The van der Waals surface area contributed by atoms with E-state index in [1.807, 2.05) is 0 Å². The van der Waals surface area contributed by atoms with Crippen molar-refractivity contribution >= 4 is 28.9 Å². The molecular formula is C17H21FN4OS. The summed E-state index contributed by atoms with van der Waals surface area (Å²) in [5.74, 6) is 0.347. The highest BCUT2D eigenvalue weighted by Gasteiger charge is 2.08. The standard InChI is InChI=1S/C17H21FN4OS/c1-12(13-7-8-24-11-13)9-20-17(19-2)21-10-16(23)22-15-5-3-14(18)4-6-15/h3-8,11-12H,9-10H2,1-2H3,(H,22,23)(H2,19,20,21). The fraction of sp³-hybridized carbons (Fsp3) is 0.294. The zero-order chi connectivity index (χ0) is 17.4. The lowest BCUT2D eigenvalue weighted by atomic mass is 10.1. The van der Waals surface area contributed by atoms with Crippen LogP contribution in [0.1, 0.15) is 18.4 Å². The molecule has 0 aliphatic heterocycles. The molecule has 1 heterocycles. The van der Waals surface area contributed by atoms with Crippen LogP contribution in [-0.4, -0.2) is 32.0 Å². The number of rotatable bonds is 6. The van der Waals surface area contributed by atoms with Crippen LogP contribution in [0.2, 0.25) is 0 Å². The van der Waals surface area contributed by atoms with Gasteiger partial charge in [-0.15, -0.1) is 0 Å². The molecule has 1 atom stereocenters. The van der Waals surface area contributed by atoms with Gasteiger partial charge in [0.15, 0.2) is 5.96 Å². The zero-order valence-electron chi connectivity index (χ0n) is 13.7. The quantitative estimate of drug-likeness (QED) is 0.555. The molecule has 7 heteroatoms.